The Hall–Kier alpha value is -0.160. The second-order valence-corrected chi connectivity index (χ2v) is 5.45. The Kier molecular flexibility index (Phi) is 2.58. The van der Waals surface area contributed by atoms with Crippen LogP contribution in [0.2, 0.25) is 0 Å². The molecule has 0 aromatic carbocycles. The van der Waals surface area contributed by atoms with Crippen molar-refractivity contribution in [1.82, 2.24) is 0 Å². The largest absolute Gasteiger partial charge is 0.350 e. The topological polar surface area (TPSA) is 36.9 Å². The van der Waals surface area contributed by atoms with Gasteiger partial charge in [-0.15, -0.1) is 0 Å². The van der Waals surface area contributed by atoms with Crippen molar-refractivity contribution < 1.29 is 18.9 Å². The third-order valence-corrected chi connectivity index (χ3v) is 2.90. The van der Waals surface area contributed by atoms with Gasteiger partial charge in [-0.25, -0.2) is 0 Å². The van der Waals surface area contributed by atoms with E-state index in [2.05, 4.69) is 0 Å². The average Bonchev–Trinajstić information content (AvgIpc) is 2.15. The first-order valence-corrected chi connectivity index (χ1v) is 5.39. The highest BCUT2D eigenvalue weighted by atomic mass is 16.7. The van der Waals surface area contributed by atoms with Crippen LogP contribution in [0.1, 0.15) is 27.7 Å². The van der Waals surface area contributed by atoms with E-state index < -0.39 is 11.6 Å². The van der Waals surface area contributed by atoms with Gasteiger partial charge in [0.15, 0.2) is 11.6 Å². The first kappa shape index (κ1) is 11.3. The van der Waals surface area contributed by atoms with Gasteiger partial charge < -0.3 is 18.9 Å². The summed E-state index contributed by atoms with van der Waals surface area (Å²) >= 11 is 0. The highest BCUT2D eigenvalue weighted by Crippen LogP contribution is 2.35. The molecular weight excluding hydrogens is 196 g/mol. The molecule has 0 radical (unpaired) electrons. The number of ether oxygens (including phenoxy) is 4. The highest BCUT2D eigenvalue weighted by molar-refractivity contribution is 4.86. The molecule has 0 bridgehead atoms. The van der Waals surface area contributed by atoms with E-state index in [4.69, 9.17) is 18.9 Å². The van der Waals surface area contributed by atoms with Crippen LogP contribution in [0.25, 0.3) is 0 Å². The van der Waals surface area contributed by atoms with Gasteiger partial charge >= 0.3 is 0 Å². The smallest absolute Gasteiger partial charge is 0.162 e. The van der Waals surface area contributed by atoms with Gasteiger partial charge in [-0.2, -0.15) is 0 Å². The van der Waals surface area contributed by atoms with Gasteiger partial charge in [0.05, 0.1) is 31.8 Å². The van der Waals surface area contributed by atoms with Gasteiger partial charge in [0.1, 0.15) is 0 Å². The lowest BCUT2D eigenvalue weighted by molar-refractivity contribution is -0.351. The third-order valence-electron chi connectivity index (χ3n) is 2.90. The molecule has 0 N–H and O–H groups in total. The summed E-state index contributed by atoms with van der Waals surface area (Å²) in [5.74, 6) is -0.948. The summed E-state index contributed by atoms with van der Waals surface area (Å²) in [4.78, 5) is 0. The minimum atomic E-state index is -0.474. The lowest BCUT2D eigenvalue weighted by Crippen LogP contribution is -2.56. The van der Waals surface area contributed by atoms with Gasteiger partial charge in [0.25, 0.3) is 0 Å². The molecule has 2 rings (SSSR count). The second-order valence-electron chi connectivity index (χ2n) is 5.45. The van der Waals surface area contributed by atoms with Crippen LogP contribution < -0.4 is 0 Å². The fourth-order valence-electron chi connectivity index (χ4n) is 1.64. The molecule has 2 aliphatic rings. The Bertz CT molecular complexity index is 197. The summed E-state index contributed by atoms with van der Waals surface area (Å²) in [5, 5.41) is 0. The summed E-state index contributed by atoms with van der Waals surface area (Å²) in [6.45, 7) is 10.2. The average molecular weight is 216 g/mol. The maximum atomic E-state index is 5.64. The maximum Gasteiger partial charge on any atom is 0.162 e. The van der Waals surface area contributed by atoms with Gasteiger partial charge in [-0.05, 0) is 27.7 Å². The zero-order valence-electron chi connectivity index (χ0n) is 9.96. The summed E-state index contributed by atoms with van der Waals surface area (Å²) < 4.78 is 22.6. The summed E-state index contributed by atoms with van der Waals surface area (Å²) in [5.41, 5.74) is -0.120. The Morgan fingerprint density at radius 2 is 0.867 bits per heavy atom. The molecule has 0 amide bonds. The summed E-state index contributed by atoms with van der Waals surface area (Å²) in [6, 6.07) is 0. The monoisotopic (exact) mass is 216 g/mol. The maximum absolute atomic E-state index is 5.64. The molecule has 0 unspecified atom stereocenters. The molecule has 2 fully saturated rings. The summed E-state index contributed by atoms with van der Waals surface area (Å²) in [6.07, 6.45) is 0. The van der Waals surface area contributed by atoms with E-state index in [1.165, 1.54) is 0 Å². The van der Waals surface area contributed by atoms with Gasteiger partial charge in [-0.1, -0.05) is 0 Å². The van der Waals surface area contributed by atoms with Crippen LogP contribution in [0, 0.1) is 5.41 Å². The van der Waals surface area contributed by atoms with Crippen molar-refractivity contribution in [1.29, 1.82) is 0 Å². The van der Waals surface area contributed by atoms with Gasteiger partial charge in [0.2, 0.25) is 0 Å². The van der Waals surface area contributed by atoms with E-state index in [0.29, 0.717) is 26.4 Å². The molecule has 0 aromatic heterocycles. The van der Waals surface area contributed by atoms with Crippen LogP contribution in [0.5, 0.6) is 0 Å². The molecule has 1 spiro atoms. The Morgan fingerprint density at radius 1 is 0.600 bits per heavy atom. The van der Waals surface area contributed by atoms with E-state index in [1.54, 1.807) is 0 Å². The normalized spacial score (nSPS) is 32.8. The SMILES string of the molecule is CC1(C)OCC2(CO1)COC(C)(C)OC2. The van der Waals surface area contributed by atoms with Crippen LogP contribution in [-0.2, 0) is 18.9 Å². The van der Waals surface area contributed by atoms with Crippen molar-refractivity contribution in [2.75, 3.05) is 26.4 Å². The molecule has 2 aliphatic heterocycles. The minimum absolute atomic E-state index is 0.120. The van der Waals surface area contributed by atoms with E-state index in [-0.39, 0.29) is 5.41 Å². The molecule has 15 heavy (non-hydrogen) atoms. The Labute approximate surface area is 90.8 Å². The van der Waals surface area contributed by atoms with Gasteiger partial charge in [-0.3, -0.25) is 0 Å². The zero-order chi connectivity index (χ0) is 11.2. The molecule has 0 aromatic rings. The number of hydrogen-bond donors (Lipinski definition) is 0. The van der Waals surface area contributed by atoms with Crippen LogP contribution in [0.3, 0.4) is 0 Å². The van der Waals surface area contributed by atoms with E-state index in [0.717, 1.165) is 0 Å². The molecule has 2 heterocycles. The van der Waals surface area contributed by atoms with Crippen LogP contribution in [-0.4, -0.2) is 38.0 Å². The molecule has 0 saturated carbocycles. The highest BCUT2D eigenvalue weighted by Gasteiger charge is 2.45. The fourth-order valence-corrected chi connectivity index (χ4v) is 1.64. The predicted octanol–water partition coefficient (Wildman–Crippen LogP) is 1.54. The number of hydrogen-bond acceptors (Lipinski definition) is 4. The van der Waals surface area contributed by atoms with Crippen molar-refractivity contribution in [2.24, 2.45) is 5.41 Å². The lowest BCUT2D eigenvalue weighted by Gasteiger charge is -2.48. The molecule has 2 saturated heterocycles. The molecule has 0 aliphatic carbocycles. The van der Waals surface area contributed by atoms with Crippen LogP contribution >= 0.6 is 0 Å². The first-order chi connectivity index (χ1) is 6.83. The molecular formula is C11H20O4. The van der Waals surface area contributed by atoms with Crippen molar-refractivity contribution in [3.63, 3.8) is 0 Å². The van der Waals surface area contributed by atoms with Crippen LogP contribution in [0.15, 0.2) is 0 Å². The van der Waals surface area contributed by atoms with Gasteiger partial charge in [0, 0.05) is 0 Å². The zero-order valence-corrected chi connectivity index (χ0v) is 9.96. The van der Waals surface area contributed by atoms with Crippen molar-refractivity contribution in [3.05, 3.63) is 0 Å². The predicted molar refractivity (Wildman–Crippen MR) is 54.4 cm³/mol. The lowest BCUT2D eigenvalue weighted by atomic mass is 9.90. The molecule has 4 nitrogen and oxygen atoms in total. The molecule has 88 valence electrons. The molecule has 0 atom stereocenters. The quantitative estimate of drug-likeness (QED) is 0.615. The van der Waals surface area contributed by atoms with E-state index in [9.17, 15) is 0 Å². The van der Waals surface area contributed by atoms with Crippen molar-refractivity contribution >= 4 is 0 Å². The van der Waals surface area contributed by atoms with Crippen LogP contribution in [0.4, 0.5) is 0 Å². The van der Waals surface area contributed by atoms with Crippen molar-refractivity contribution in [3.8, 4) is 0 Å². The Morgan fingerprint density at radius 3 is 1.13 bits per heavy atom. The first-order valence-electron chi connectivity index (χ1n) is 5.39. The third kappa shape index (κ3) is 2.50. The van der Waals surface area contributed by atoms with Crippen molar-refractivity contribution in [2.45, 2.75) is 39.3 Å². The Balaban J connectivity index is 1.95. The second kappa shape index (κ2) is 3.42. The van der Waals surface area contributed by atoms with E-state index >= 15 is 0 Å². The summed E-state index contributed by atoms with van der Waals surface area (Å²) in [7, 11) is 0. The number of rotatable bonds is 0. The standard InChI is InChI=1S/C11H20O4/c1-9(2)12-5-11(6-13-9)7-14-10(3,4)15-8-11/h5-8H2,1-4H3. The fraction of sp³-hybridized carbons (Fsp3) is 1.00. The molecule has 4 heteroatoms. The van der Waals surface area contributed by atoms with E-state index in [1.807, 2.05) is 27.7 Å². The minimum Gasteiger partial charge on any atom is -0.350 e.